The lowest BCUT2D eigenvalue weighted by atomic mass is 10.1. The van der Waals surface area contributed by atoms with Crippen molar-refractivity contribution >= 4 is 11.5 Å². The fraction of sp³-hybridized carbons (Fsp3) is 0.600. The maximum Gasteiger partial charge on any atom is 0.194 e. The van der Waals surface area contributed by atoms with E-state index >= 15 is 0 Å². The smallest absolute Gasteiger partial charge is 0.194 e. The minimum Gasteiger partial charge on any atom is -0.262 e. The fourth-order valence-corrected chi connectivity index (χ4v) is 2.12. The monoisotopic (exact) mass is 237 g/mol. The number of aromatic nitrogens is 5. The molecular formula is C10H15N5S. The summed E-state index contributed by atoms with van der Waals surface area (Å²) in [6.07, 6.45) is 0. The number of hydrogen-bond acceptors (Lipinski definition) is 5. The van der Waals surface area contributed by atoms with Crippen molar-refractivity contribution in [3.8, 4) is 10.7 Å². The van der Waals surface area contributed by atoms with Crippen LogP contribution in [0.5, 0.6) is 0 Å². The van der Waals surface area contributed by atoms with Gasteiger partial charge in [0.25, 0.3) is 0 Å². The zero-order valence-corrected chi connectivity index (χ0v) is 10.7. The molecule has 0 aliphatic carbocycles. The van der Waals surface area contributed by atoms with E-state index in [4.69, 9.17) is 0 Å². The van der Waals surface area contributed by atoms with Crippen LogP contribution in [0.2, 0.25) is 0 Å². The Hall–Kier alpha value is -1.30. The average molecular weight is 237 g/mol. The highest BCUT2D eigenvalue weighted by molar-refractivity contribution is 7.09. The quantitative estimate of drug-likeness (QED) is 0.890. The molecule has 0 spiro atoms. The Kier molecular flexibility index (Phi) is 3.00. The van der Waals surface area contributed by atoms with Crippen molar-refractivity contribution in [3.05, 3.63) is 11.5 Å². The molecular weight excluding hydrogens is 222 g/mol. The topological polar surface area (TPSA) is 67.3 Å². The van der Waals surface area contributed by atoms with Gasteiger partial charge in [0.05, 0.1) is 5.69 Å². The molecule has 16 heavy (non-hydrogen) atoms. The third-order valence-electron chi connectivity index (χ3n) is 2.31. The zero-order chi connectivity index (χ0) is 11.7. The highest BCUT2D eigenvalue weighted by Crippen LogP contribution is 2.28. The van der Waals surface area contributed by atoms with Gasteiger partial charge < -0.3 is 0 Å². The lowest BCUT2D eigenvalue weighted by Gasteiger charge is -1.99. The summed E-state index contributed by atoms with van der Waals surface area (Å²) in [5.41, 5.74) is 0.972. The molecule has 6 heteroatoms. The summed E-state index contributed by atoms with van der Waals surface area (Å²) in [4.78, 5) is 5.43. The van der Waals surface area contributed by atoms with Gasteiger partial charge in [0.15, 0.2) is 5.82 Å². The Morgan fingerprint density at radius 3 is 2.44 bits per heavy atom. The van der Waals surface area contributed by atoms with Crippen molar-refractivity contribution in [3.63, 3.8) is 0 Å². The van der Waals surface area contributed by atoms with Gasteiger partial charge in [0, 0.05) is 5.92 Å². The Labute approximate surface area is 98.5 Å². The molecule has 1 N–H and O–H groups in total. The van der Waals surface area contributed by atoms with Crippen molar-refractivity contribution in [2.24, 2.45) is 0 Å². The molecule has 0 saturated heterocycles. The Balaban J connectivity index is 2.39. The van der Waals surface area contributed by atoms with Gasteiger partial charge in [0.1, 0.15) is 10.7 Å². The van der Waals surface area contributed by atoms with Crippen LogP contribution in [0.3, 0.4) is 0 Å². The van der Waals surface area contributed by atoms with Gasteiger partial charge in [-0.25, -0.2) is 4.98 Å². The third kappa shape index (κ3) is 1.97. The van der Waals surface area contributed by atoms with Crippen LogP contribution >= 0.6 is 11.5 Å². The van der Waals surface area contributed by atoms with Crippen LogP contribution in [-0.4, -0.2) is 24.8 Å². The average Bonchev–Trinajstić information content (AvgIpc) is 2.86. The summed E-state index contributed by atoms with van der Waals surface area (Å²) in [7, 11) is 0. The summed E-state index contributed by atoms with van der Waals surface area (Å²) < 4.78 is 3.97. The number of nitrogens with zero attached hydrogens (tertiary/aromatic N) is 4. The van der Waals surface area contributed by atoms with E-state index in [1.165, 1.54) is 11.5 Å². The predicted octanol–water partition coefficient (Wildman–Crippen LogP) is 2.57. The number of rotatable bonds is 3. The molecule has 0 radical (unpaired) electrons. The summed E-state index contributed by atoms with van der Waals surface area (Å²) in [5.74, 6) is 2.31. The summed E-state index contributed by atoms with van der Waals surface area (Å²) in [6.45, 7) is 8.35. The molecule has 0 bridgehead atoms. The van der Waals surface area contributed by atoms with E-state index in [2.05, 4.69) is 52.5 Å². The van der Waals surface area contributed by atoms with E-state index in [0.29, 0.717) is 17.7 Å². The maximum absolute atomic E-state index is 4.46. The lowest BCUT2D eigenvalue weighted by Crippen LogP contribution is -1.92. The van der Waals surface area contributed by atoms with Crippen LogP contribution in [0.1, 0.15) is 51.0 Å². The molecule has 2 heterocycles. The molecule has 0 amide bonds. The van der Waals surface area contributed by atoms with Crippen molar-refractivity contribution in [1.82, 2.24) is 24.8 Å². The molecule has 2 aromatic rings. The van der Waals surface area contributed by atoms with Crippen LogP contribution < -0.4 is 0 Å². The van der Waals surface area contributed by atoms with E-state index in [0.717, 1.165) is 16.4 Å². The molecule has 0 aliphatic rings. The highest BCUT2D eigenvalue weighted by Gasteiger charge is 2.18. The van der Waals surface area contributed by atoms with Crippen molar-refractivity contribution < 1.29 is 0 Å². The number of nitrogens with one attached hydrogen (secondary N) is 1. The van der Waals surface area contributed by atoms with Gasteiger partial charge in [-0.3, -0.25) is 5.10 Å². The second-order valence-corrected chi connectivity index (χ2v) is 5.10. The third-order valence-corrected chi connectivity index (χ3v) is 3.05. The molecule has 0 saturated carbocycles. The molecule has 0 aliphatic heterocycles. The van der Waals surface area contributed by atoms with E-state index in [9.17, 15) is 0 Å². The number of hydrogen-bond donors (Lipinski definition) is 1. The van der Waals surface area contributed by atoms with Crippen molar-refractivity contribution in [1.29, 1.82) is 0 Å². The summed E-state index contributed by atoms with van der Waals surface area (Å²) in [6, 6.07) is 0. The van der Waals surface area contributed by atoms with E-state index < -0.39 is 0 Å². The Morgan fingerprint density at radius 2 is 1.88 bits per heavy atom. The first-order valence-electron chi connectivity index (χ1n) is 5.34. The molecule has 0 unspecified atom stereocenters. The lowest BCUT2D eigenvalue weighted by molar-refractivity contribution is 0.781. The second-order valence-electron chi connectivity index (χ2n) is 4.34. The number of aromatic amines is 1. The zero-order valence-electron chi connectivity index (χ0n) is 9.85. The molecule has 0 aromatic carbocycles. The summed E-state index contributed by atoms with van der Waals surface area (Å²) in [5, 5.41) is 11.3. The first-order chi connectivity index (χ1) is 7.59. The minimum atomic E-state index is 0.342. The molecule has 0 atom stereocenters. The largest absolute Gasteiger partial charge is 0.262 e. The van der Waals surface area contributed by atoms with Gasteiger partial charge in [0.2, 0.25) is 0 Å². The Bertz CT molecular complexity index is 471. The molecule has 5 nitrogen and oxygen atoms in total. The molecule has 0 fully saturated rings. The predicted molar refractivity (Wildman–Crippen MR) is 63.5 cm³/mol. The van der Waals surface area contributed by atoms with Crippen LogP contribution in [0, 0.1) is 0 Å². The molecule has 2 aromatic heterocycles. The van der Waals surface area contributed by atoms with Crippen LogP contribution in [0.15, 0.2) is 0 Å². The van der Waals surface area contributed by atoms with Gasteiger partial charge in [-0.15, -0.1) is 5.10 Å². The normalized spacial score (nSPS) is 11.6. The van der Waals surface area contributed by atoms with Gasteiger partial charge in [-0.2, -0.15) is 5.10 Å². The van der Waals surface area contributed by atoms with Gasteiger partial charge in [-0.1, -0.05) is 32.2 Å². The van der Waals surface area contributed by atoms with Crippen molar-refractivity contribution in [2.75, 3.05) is 0 Å². The first-order valence-corrected chi connectivity index (χ1v) is 6.11. The first kappa shape index (κ1) is 11.2. The van der Waals surface area contributed by atoms with E-state index in [-0.39, 0.29) is 0 Å². The van der Waals surface area contributed by atoms with E-state index in [1.807, 2.05) is 0 Å². The Morgan fingerprint density at radius 1 is 1.12 bits per heavy atom. The van der Waals surface area contributed by atoms with Gasteiger partial charge in [-0.05, 0) is 17.5 Å². The number of H-pyrrole nitrogens is 1. The van der Waals surface area contributed by atoms with E-state index in [1.54, 1.807) is 0 Å². The van der Waals surface area contributed by atoms with Crippen LogP contribution in [-0.2, 0) is 0 Å². The molecule has 86 valence electrons. The molecule has 2 rings (SSSR count). The van der Waals surface area contributed by atoms with Crippen LogP contribution in [0.25, 0.3) is 10.7 Å². The summed E-state index contributed by atoms with van der Waals surface area (Å²) >= 11 is 1.35. The highest BCUT2D eigenvalue weighted by atomic mass is 32.1. The second kappa shape index (κ2) is 4.29. The van der Waals surface area contributed by atoms with Gasteiger partial charge >= 0.3 is 0 Å². The fourth-order valence-electron chi connectivity index (χ4n) is 1.36. The standard InChI is InChI=1S/C10H15N5S/c1-5(2)7-8(16-15-12-7)10-11-9(6(3)4)13-14-10/h5-6H,1-4H3,(H,11,13,14). The van der Waals surface area contributed by atoms with Crippen molar-refractivity contribution in [2.45, 2.75) is 39.5 Å². The minimum absolute atomic E-state index is 0.342. The van der Waals surface area contributed by atoms with Crippen LogP contribution in [0.4, 0.5) is 0 Å². The SMILES string of the molecule is CC(C)c1nc(-c2snnc2C(C)C)n[nH]1. The maximum atomic E-state index is 4.46.